The van der Waals surface area contributed by atoms with E-state index in [0.29, 0.717) is 35.0 Å². The summed E-state index contributed by atoms with van der Waals surface area (Å²) in [7, 11) is 0. The van der Waals surface area contributed by atoms with Gasteiger partial charge in [0.15, 0.2) is 10.8 Å². The van der Waals surface area contributed by atoms with Gasteiger partial charge in [0.25, 0.3) is 5.56 Å². The third-order valence-electron chi connectivity index (χ3n) is 6.31. The molecule has 0 aliphatic carbocycles. The van der Waals surface area contributed by atoms with Gasteiger partial charge in [-0.3, -0.25) is 14.2 Å². The number of rotatable bonds is 6. The Labute approximate surface area is 202 Å². The summed E-state index contributed by atoms with van der Waals surface area (Å²) in [6, 6.07) is 15.9. The Morgan fingerprint density at radius 3 is 2.71 bits per heavy atom. The van der Waals surface area contributed by atoms with Crippen LogP contribution in [0.1, 0.15) is 36.1 Å². The fourth-order valence-corrected chi connectivity index (χ4v) is 5.64. The van der Waals surface area contributed by atoms with E-state index in [1.807, 2.05) is 68.1 Å². The molecule has 1 aliphatic heterocycles. The minimum Gasteiger partial charge on any atom is -0.339 e. The quantitative estimate of drug-likeness (QED) is 0.391. The Morgan fingerprint density at radius 2 is 1.97 bits per heavy atom. The maximum absolute atomic E-state index is 13.5. The maximum atomic E-state index is 13.5. The second kappa shape index (κ2) is 9.10. The highest BCUT2D eigenvalue weighted by Crippen LogP contribution is 2.34. The Bertz CT molecular complexity index is 1430. The molecule has 34 heavy (non-hydrogen) atoms. The molecule has 1 amide bonds. The molecule has 0 saturated carbocycles. The number of thioether (sulfide) groups is 1. The molecule has 0 spiro atoms. The van der Waals surface area contributed by atoms with Crippen LogP contribution in [-0.2, 0) is 11.3 Å². The van der Waals surface area contributed by atoms with E-state index >= 15 is 0 Å². The van der Waals surface area contributed by atoms with E-state index < -0.39 is 0 Å². The number of fused-ring (bicyclic) bond motifs is 2. The Balaban J connectivity index is 1.44. The summed E-state index contributed by atoms with van der Waals surface area (Å²) in [4.78, 5) is 33.2. The molecule has 0 fully saturated rings. The van der Waals surface area contributed by atoms with Crippen LogP contribution in [0.2, 0.25) is 0 Å². The van der Waals surface area contributed by atoms with E-state index in [4.69, 9.17) is 4.98 Å². The molecule has 174 valence electrons. The summed E-state index contributed by atoms with van der Waals surface area (Å²) in [5, 5.41) is 5.61. The van der Waals surface area contributed by atoms with Crippen molar-refractivity contribution >= 4 is 28.7 Å². The first kappa shape index (κ1) is 22.4. The van der Waals surface area contributed by atoms with Crippen molar-refractivity contribution in [3.8, 4) is 5.69 Å². The second-order valence-corrected chi connectivity index (χ2v) is 9.70. The number of benzene rings is 2. The van der Waals surface area contributed by atoms with E-state index in [9.17, 15) is 9.59 Å². The molecule has 0 saturated heterocycles. The zero-order valence-electron chi connectivity index (χ0n) is 19.6. The fraction of sp³-hybridized carbons (Fsp3) is 0.308. The van der Waals surface area contributed by atoms with Crippen molar-refractivity contribution in [2.24, 2.45) is 0 Å². The predicted molar refractivity (Wildman–Crippen MR) is 135 cm³/mol. The molecule has 2 aromatic heterocycles. The van der Waals surface area contributed by atoms with Crippen LogP contribution in [0.4, 0.5) is 0 Å². The van der Waals surface area contributed by atoms with Gasteiger partial charge >= 0.3 is 0 Å². The van der Waals surface area contributed by atoms with Crippen LogP contribution in [0.15, 0.2) is 64.7 Å². The third kappa shape index (κ3) is 4.03. The van der Waals surface area contributed by atoms with E-state index in [-0.39, 0.29) is 23.9 Å². The summed E-state index contributed by atoms with van der Waals surface area (Å²) < 4.78 is 3.43. The lowest BCUT2D eigenvalue weighted by Crippen LogP contribution is -2.34. The van der Waals surface area contributed by atoms with Crippen LogP contribution in [0.25, 0.3) is 16.7 Å². The van der Waals surface area contributed by atoms with Crippen LogP contribution in [0.3, 0.4) is 0 Å². The molecule has 0 bridgehead atoms. The van der Waals surface area contributed by atoms with Gasteiger partial charge in [0.1, 0.15) is 5.39 Å². The van der Waals surface area contributed by atoms with Gasteiger partial charge in [-0.25, -0.2) is 9.67 Å². The minimum absolute atomic E-state index is 0.0442. The number of amides is 1. The fourth-order valence-electron chi connectivity index (χ4n) is 4.51. The highest BCUT2D eigenvalue weighted by Gasteiger charge is 2.30. The van der Waals surface area contributed by atoms with Crippen LogP contribution >= 0.6 is 11.8 Å². The molecular weight excluding hydrogens is 446 g/mol. The Hall–Kier alpha value is -3.39. The number of aromatic nitrogens is 4. The largest absolute Gasteiger partial charge is 0.339 e. The zero-order chi connectivity index (χ0) is 23.8. The van der Waals surface area contributed by atoms with E-state index in [0.717, 1.165) is 16.8 Å². The number of hydrogen-bond donors (Lipinski definition) is 0. The average Bonchev–Trinajstić information content (AvgIpc) is 3.43. The Morgan fingerprint density at radius 1 is 1.18 bits per heavy atom. The molecule has 5 rings (SSSR count). The third-order valence-corrected chi connectivity index (χ3v) is 7.41. The first-order valence-electron chi connectivity index (χ1n) is 11.5. The van der Waals surface area contributed by atoms with Gasteiger partial charge in [0, 0.05) is 25.3 Å². The van der Waals surface area contributed by atoms with Gasteiger partial charge in [-0.15, -0.1) is 0 Å². The number of aryl methyl sites for hydroxylation is 2. The molecule has 0 N–H and O–H groups in total. The lowest BCUT2D eigenvalue weighted by molar-refractivity contribution is -0.132. The molecule has 7 nitrogen and oxygen atoms in total. The van der Waals surface area contributed by atoms with Gasteiger partial charge in [-0.1, -0.05) is 59.8 Å². The van der Waals surface area contributed by atoms with E-state index in [1.165, 1.54) is 17.3 Å². The normalized spacial score (nSPS) is 15.0. The van der Waals surface area contributed by atoms with Gasteiger partial charge < -0.3 is 4.90 Å². The predicted octanol–water partition coefficient (Wildman–Crippen LogP) is 4.28. The zero-order valence-corrected chi connectivity index (χ0v) is 20.4. The highest BCUT2D eigenvalue weighted by molar-refractivity contribution is 7.99. The molecule has 4 aromatic rings. The molecule has 2 aromatic carbocycles. The summed E-state index contributed by atoms with van der Waals surface area (Å²) in [5.41, 5.74) is 4.67. The van der Waals surface area contributed by atoms with Crippen molar-refractivity contribution in [2.45, 2.75) is 44.9 Å². The Kier molecular flexibility index (Phi) is 6.00. The lowest BCUT2D eigenvalue weighted by Gasteiger charge is -2.23. The number of nitrogens with zero attached hydrogens (tertiary/aromatic N) is 5. The maximum Gasteiger partial charge on any atom is 0.265 e. The molecule has 3 heterocycles. The van der Waals surface area contributed by atoms with Gasteiger partial charge in [0.2, 0.25) is 5.91 Å². The summed E-state index contributed by atoms with van der Waals surface area (Å²) in [5.74, 6) is 0.697. The van der Waals surface area contributed by atoms with Crippen molar-refractivity contribution in [2.75, 3.05) is 12.3 Å². The molecule has 8 heteroatoms. The number of carbonyl (C=O) groups is 1. The molecular formula is C26H27N5O2S. The average molecular weight is 474 g/mol. The van der Waals surface area contributed by atoms with Crippen molar-refractivity contribution in [3.05, 3.63) is 81.8 Å². The van der Waals surface area contributed by atoms with Gasteiger partial charge in [-0.2, -0.15) is 5.10 Å². The lowest BCUT2D eigenvalue weighted by atomic mass is 10.1. The number of carbonyl (C=O) groups excluding carboxylic acids is 1. The highest BCUT2D eigenvalue weighted by atomic mass is 32.2. The summed E-state index contributed by atoms with van der Waals surface area (Å²) >= 11 is 1.52. The molecule has 1 atom stereocenters. The summed E-state index contributed by atoms with van der Waals surface area (Å²) in [6.45, 7) is 7.25. The summed E-state index contributed by atoms with van der Waals surface area (Å²) in [6.07, 6.45) is 1.87. The molecule has 1 unspecified atom stereocenters. The van der Waals surface area contributed by atoms with Crippen molar-refractivity contribution in [1.82, 2.24) is 24.2 Å². The topological polar surface area (TPSA) is 73.0 Å². The number of hydrogen-bond acceptors (Lipinski definition) is 5. The SMILES string of the molecule is CCN(Cc1ccccc1)C(=O)CC1CSc2nc3c(cnn3-c3ccc(C)cc3C)c(=O)n21. The standard InChI is InChI=1S/C26H27N5O2S/c1-4-29(15-19-8-6-5-7-9-19)23(32)13-20-16-34-26-28-24-21(25(33)30(20)26)14-27-31(24)22-11-10-17(2)12-18(22)3/h5-12,14,20H,4,13,15-16H2,1-3H3. The van der Waals surface area contributed by atoms with Crippen LogP contribution in [-0.4, -0.2) is 42.4 Å². The smallest absolute Gasteiger partial charge is 0.265 e. The molecule has 0 radical (unpaired) electrons. The van der Waals surface area contributed by atoms with Crippen molar-refractivity contribution < 1.29 is 4.79 Å². The first-order chi connectivity index (χ1) is 16.5. The monoisotopic (exact) mass is 473 g/mol. The second-order valence-electron chi connectivity index (χ2n) is 8.72. The van der Waals surface area contributed by atoms with Crippen LogP contribution in [0, 0.1) is 13.8 Å². The first-order valence-corrected chi connectivity index (χ1v) is 12.5. The van der Waals surface area contributed by atoms with Crippen LogP contribution in [0.5, 0.6) is 0 Å². The van der Waals surface area contributed by atoms with E-state index in [1.54, 1.807) is 15.4 Å². The minimum atomic E-state index is -0.216. The van der Waals surface area contributed by atoms with Crippen molar-refractivity contribution in [1.29, 1.82) is 0 Å². The van der Waals surface area contributed by atoms with Crippen LogP contribution < -0.4 is 5.56 Å². The van der Waals surface area contributed by atoms with Crippen molar-refractivity contribution in [3.63, 3.8) is 0 Å². The molecule has 1 aliphatic rings. The van der Waals surface area contributed by atoms with Gasteiger partial charge in [0.05, 0.1) is 17.9 Å². The van der Waals surface area contributed by atoms with E-state index in [2.05, 4.69) is 11.2 Å². The van der Waals surface area contributed by atoms with Gasteiger partial charge in [-0.05, 0) is 38.0 Å².